The Morgan fingerprint density at radius 1 is 1.00 bits per heavy atom. The predicted octanol–water partition coefficient (Wildman–Crippen LogP) is 0.958. The van der Waals surface area contributed by atoms with E-state index in [2.05, 4.69) is 18.7 Å². The van der Waals surface area contributed by atoms with Crippen molar-refractivity contribution < 1.29 is 60.1 Å². The van der Waals surface area contributed by atoms with Gasteiger partial charge in [0, 0.05) is 12.1 Å². The van der Waals surface area contributed by atoms with E-state index in [-0.39, 0.29) is 39.6 Å². The number of phosphoric acid groups is 1. The number of unbranched alkanes of at least 4 members (excludes halogenated alkanes) is 1. The van der Waals surface area contributed by atoms with Gasteiger partial charge in [-0.15, -0.1) is 0 Å². The van der Waals surface area contributed by atoms with Gasteiger partial charge in [0.25, 0.3) is 0 Å². The first-order valence-corrected chi connectivity index (χ1v) is 11.8. The van der Waals surface area contributed by atoms with E-state index in [0.717, 1.165) is 45.3 Å². The van der Waals surface area contributed by atoms with Crippen LogP contribution in [0.1, 0.15) is 65.2 Å². The number of hydrogen-bond donors (Lipinski definition) is 7. The van der Waals surface area contributed by atoms with Gasteiger partial charge in [-0.25, -0.2) is 4.57 Å². The Morgan fingerprint density at radius 2 is 1.42 bits per heavy atom. The zero-order chi connectivity index (χ0) is 23.7. The minimum Gasteiger partial charge on any atom is -0.481 e. The second kappa shape index (κ2) is 20.2. The van der Waals surface area contributed by atoms with Crippen LogP contribution in [-0.2, 0) is 35.2 Å². The van der Waals surface area contributed by atoms with Crippen LogP contribution >= 0.6 is 7.82 Å². The van der Waals surface area contributed by atoms with Crippen LogP contribution in [0.15, 0.2) is 0 Å². The smallest absolute Gasteiger partial charge is 0.481 e. The number of carboxylic acid groups (broad SMARTS) is 2. The SMILES string of the molecule is CCN(CC)CCCCC(CC(=O)O)C(=O)O.NC1CCCCC1N.O=P(O)(O)O.[Pt+2]. The van der Waals surface area contributed by atoms with Gasteiger partial charge < -0.3 is 41.3 Å². The summed E-state index contributed by atoms with van der Waals surface area (Å²) in [6, 6.07) is 0.562. The fourth-order valence-corrected chi connectivity index (χ4v) is 2.98. The molecule has 188 valence electrons. The van der Waals surface area contributed by atoms with Crippen molar-refractivity contribution in [3.8, 4) is 0 Å². The Balaban J connectivity index is -0.000000460. The normalized spacial score (nSPS) is 19.1. The third-order valence-electron chi connectivity index (χ3n) is 4.82. The first-order chi connectivity index (χ1) is 13.8. The summed E-state index contributed by atoms with van der Waals surface area (Å²) >= 11 is 0. The maximum Gasteiger partial charge on any atom is 2.00 e. The number of nitrogens with two attached hydrogens (primary N) is 2. The number of nitrogens with zero attached hydrogens (tertiary/aromatic N) is 1. The predicted molar refractivity (Wildman–Crippen MR) is 114 cm³/mol. The standard InChI is InChI=1S/C12H23NO4.C6H14N2.H3O4P.Pt/c1-3-13(4-2)8-6-5-7-10(12(16)17)9-11(14)15;7-5-3-1-2-4-6(5)8;1-5(2,3)4;/h10H,3-9H2,1-2H3,(H,14,15)(H,16,17);5-6H,1-4,7-8H2;(H3,1,2,3,4);/q;;;+2. The average Bonchev–Trinajstić information content (AvgIpc) is 2.62. The molecule has 0 amide bonds. The van der Waals surface area contributed by atoms with Crippen molar-refractivity contribution in [2.75, 3.05) is 19.6 Å². The number of carbonyl (C=O) groups is 2. The van der Waals surface area contributed by atoms with Gasteiger partial charge in [-0.1, -0.05) is 33.1 Å². The van der Waals surface area contributed by atoms with Crippen LogP contribution in [0.4, 0.5) is 0 Å². The minimum atomic E-state index is -4.64. The number of hydrogen-bond acceptors (Lipinski definition) is 6. The second-order valence-electron chi connectivity index (χ2n) is 7.28. The van der Waals surface area contributed by atoms with Crippen LogP contribution in [0.25, 0.3) is 0 Å². The van der Waals surface area contributed by atoms with E-state index in [1.54, 1.807) is 0 Å². The molecule has 3 unspecified atom stereocenters. The molecule has 9 N–H and O–H groups in total. The Hall–Kier alpha value is -0.382. The summed E-state index contributed by atoms with van der Waals surface area (Å²) in [6.07, 6.45) is 6.65. The summed E-state index contributed by atoms with van der Waals surface area (Å²) in [5.41, 5.74) is 11.3. The fourth-order valence-electron chi connectivity index (χ4n) is 2.98. The molecule has 31 heavy (non-hydrogen) atoms. The van der Waals surface area contributed by atoms with Gasteiger partial charge in [0.2, 0.25) is 0 Å². The Kier molecular flexibility index (Phi) is 23.0. The van der Waals surface area contributed by atoms with Gasteiger partial charge in [0.15, 0.2) is 0 Å². The molecule has 0 aromatic heterocycles. The molecular weight excluding hydrogens is 612 g/mol. The molecule has 1 saturated carbocycles. The van der Waals surface area contributed by atoms with E-state index in [1.807, 2.05) is 0 Å². The van der Waals surface area contributed by atoms with Crippen LogP contribution in [0, 0.1) is 5.92 Å². The summed E-state index contributed by atoms with van der Waals surface area (Å²) in [4.78, 5) is 45.1. The quantitative estimate of drug-likeness (QED) is 0.131. The molecule has 0 aromatic rings. The maximum atomic E-state index is 10.8. The summed E-state index contributed by atoms with van der Waals surface area (Å²) < 4.78 is 8.88. The van der Waals surface area contributed by atoms with Gasteiger partial charge in [0.1, 0.15) is 0 Å². The second-order valence-corrected chi connectivity index (χ2v) is 8.31. The van der Waals surface area contributed by atoms with E-state index in [4.69, 9.17) is 40.9 Å². The van der Waals surface area contributed by atoms with Crippen LogP contribution in [0.5, 0.6) is 0 Å². The van der Waals surface area contributed by atoms with Crippen LogP contribution in [0.3, 0.4) is 0 Å². The van der Waals surface area contributed by atoms with Crippen molar-refractivity contribution in [2.45, 2.75) is 77.3 Å². The molecule has 0 spiro atoms. The van der Waals surface area contributed by atoms with E-state index in [0.29, 0.717) is 6.42 Å². The van der Waals surface area contributed by atoms with Crippen molar-refractivity contribution in [3.05, 3.63) is 0 Å². The van der Waals surface area contributed by atoms with E-state index in [1.165, 1.54) is 12.8 Å². The van der Waals surface area contributed by atoms with Gasteiger partial charge in [-0.2, -0.15) is 0 Å². The number of carboxylic acids is 2. The maximum absolute atomic E-state index is 10.8. The molecule has 3 atom stereocenters. The minimum absolute atomic E-state index is 0. The molecule has 0 saturated heterocycles. The number of rotatable bonds is 10. The summed E-state index contributed by atoms with van der Waals surface area (Å²) in [5.74, 6) is -2.79. The van der Waals surface area contributed by atoms with Gasteiger partial charge >= 0.3 is 40.8 Å². The Labute approximate surface area is 199 Å². The molecule has 0 heterocycles. The van der Waals surface area contributed by atoms with Crippen molar-refractivity contribution in [2.24, 2.45) is 17.4 Å². The van der Waals surface area contributed by atoms with Crippen LogP contribution < -0.4 is 11.5 Å². The first-order valence-electron chi connectivity index (χ1n) is 10.3. The molecule has 13 heteroatoms. The summed E-state index contributed by atoms with van der Waals surface area (Å²) in [7, 11) is -4.64. The summed E-state index contributed by atoms with van der Waals surface area (Å²) in [5, 5.41) is 17.4. The van der Waals surface area contributed by atoms with Gasteiger partial charge in [-0.05, 0) is 45.3 Å². The Bertz CT molecular complexity index is 502. The van der Waals surface area contributed by atoms with E-state index >= 15 is 0 Å². The van der Waals surface area contributed by atoms with Gasteiger partial charge in [0.05, 0.1) is 12.3 Å². The third-order valence-corrected chi connectivity index (χ3v) is 4.82. The molecule has 11 nitrogen and oxygen atoms in total. The molecular formula is C18H40N3O8PPt+2. The molecule has 0 radical (unpaired) electrons. The fraction of sp³-hybridized carbons (Fsp3) is 0.889. The van der Waals surface area contributed by atoms with Crippen LogP contribution in [-0.4, -0.2) is 73.4 Å². The van der Waals surface area contributed by atoms with Crippen molar-refractivity contribution in [3.63, 3.8) is 0 Å². The molecule has 1 fully saturated rings. The summed E-state index contributed by atoms with van der Waals surface area (Å²) in [6.45, 7) is 7.12. The zero-order valence-corrected chi connectivity index (χ0v) is 21.5. The largest absolute Gasteiger partial charge is 2.00 e. The van der Waals surface area contributed by atoms with Gasteiger partial charge in [-0.3, -0.25) is 9.59 Å². The molecule has 0 bridgehead atoms. The molecule has 0 aromatic carbocycles. The zero-order valence-electron chi connectivity index (χ0n) is 18.3. The van der Waals surface area contributed by atoms with Crippen molar-refractivity contribution in [1.29, 1.82) is 0 Å². The third kappa shape index (κ3) is 25.8. The Morgan fingerprint density at radius 3 is 1.71 bits per heavy atom. The monoisotopic (exact) mass is 652 g/mol. The van der Waals surface area contributed by atoms with Crippen LogP contribution in [0.2, 0.25) is 0 Å². The average molecular weight is 653 g/mol. The topological polar surface area (TPSA) is 208 Å². The van der Waals surface area contributed by atoms with Crippen molar-refractivity contribution in [1.82, 2.24) is 4.90 Å². The number of aliphatic carboxylic acids is 2. The molecule has 1 aliphatic rings. The van der Waals surface area contributed by atoms with E-state index < -0.39 is 25.7 Å². The first kappa shape index (κ1) is 35.2. The van der Waals surface area contributed by atoms with E-state index in [9.17, 15) is 9.59 Å². The molecule has 1 aliphatic carbocycles. The van der Waals surface area contributed by atoms with Crippen molar-refractivity contribution >= 4 is 19.8 Å². The molecule has 1 rings (SSSR count). The molecule has 0 aliphatic heterocycles.